The molecule has 30 heavy (non-hydrogen) atoms. The molecule has 0 unspecified atom stereocenters. The SMILES string of the molecule is Cc1ccc(NC(=O)c2c(C)c(N3CCCC(F)(F)C3)nc3ccc(Br)cc23)cc1. The van der Waals surface area contributed by atoms with Crippen LogP contribution in [0.1, 0.15) is 34.3 Å². The number of carbonyl (C=O) groups is 1. The van der Waals surface area contributed by atoms with E-state index in [0.717, 1.165) is 10.0 Å². The van der Waals surface area contributed by atoms with Crippen molar-refractivity contribution in [1.82, 2.24) is 4.98 Å². The monoisotopic (exact) mass is 473 g/mol. The third-order valence-electron chi connectivity index (χ3n) is 5.39. The molecule has 1 aliphatic rings. The Kier molecular flexibility index (Phi) is 5.49. The predicted molar refractivity (Wildman–Crippen MR) is 120 cm³/mol. The molecule has 4 nitrogen and oxygen atoms in total. The van der Waals surface area contributed by atoms with Crippen molar-refractivity contribution in [3.05, 3.63) is 63.6 Å². The average Bonchev–Trinajstić information content (AvgIpc) is 2.68. The molecule has 2 aromatic carbocycles. The van der Waals surface area contributed by atoms with Gasteiger partial charge in [0.15, 0.2) is 0 Å². The molecule has 1 aliphatic heterocycles. The number of nitrogens with one attached hydrogen (secondary N) is 1. The van der Waals surface area contributed by atoms with Crippen molar-refractivity contribution in [3.63, 3.8) is 0 Å². The van der Waals surface area contributed by atoms with Crippen molar-refractivity contribution in [2.75, 3.05) is 23.3 Å². The zero-order valence-corrected chi connectivity index (χ0v) is 18.4. The first-order chi connectivity index (χ1) is 14.2. The molecule has 2 heterocycles. The molecule has 0 radical (unpaired) electrons. The van der Waals surface area contributed by atoms with Crippen LogP contribution in [-0.2, 0) is 0 Å². The lowest BCUT2D eigenvalue weighted by atomic mass is 10.0. The van der Waals surface area contributed by atoms with E-state index in [2.05, 4.69) is 26.2 Å². The predicted octanol–water partition coefficient (Wildman–Crippen LogP) is 6.10. The summed E-state index contributed by atoms with van der Waals surface area (Å²) < 4.78 is 28.9. The van der Waals surface area contributed by atoms with Crippen molar-refractivity contribution in [3.8, 4) is 0 Å². The normalized spacial score (nSPS) is 16.0. The fourth-order valence-corrected chi connectivity index (χ4v) is 4.26. The maximum Gasteiger partial charge on any atom is 0.265 e. The van der Waals surface area contributed by atoms with Crippen LogP contribution < -0.4 is 10.2 Å². The highest BCUT2D eigenvalue weighted by atomic mass is 79.9. The number of amides is 1. The lowest BCUT2D eigenvalue weighted by Crippen LogP contribution is -2.43. The molecule has 1 saturated heterocycles. The molecule has 7 heteroatoms. The number of piperidine rings is 1. The van der Waals surface area contributed by atoms with Crippen molar-refractivity contribution in [2.45, 2.75) is 32.6 Å². The summed E-state index contributed by atoms with van der Waals surface area (Å²) in [5, 5.41) is 3.62. The standard InChI is InChI=1S/C23H22BrF2N3O/c1-14-4-7-17(8-5-14)27-22(30)20-15(2)21(29-11-3-10-23(25,26)13-29)28-19-9-6-16(24)12-18(19)20/h4-9,12H,3,10-11,13H2,1-2H3,(H,27,30). The summed E-state index contributed by atoms with van der Waals surface area (Å²) in [5.74, 6) is -2.60. The Bertz CT molecular complexity index is 1120. The minimum atomic E-state index is -2.76. The van der Waals surface area contributed by atoms with Gasteiger partial charge >= 0.3 is 0 Å². The van der Waals surface area contributed by atoms with Gasteiger partial charge in [-0.2, -0.15) is 0 Å². The first-order valence-corrected chi connectivity index (χ1v) is 10.6. The molecule has 1 N–H and O–H groups in total. The smallest absolute Gasteiger partial charge is 0.265 e. The second kappa shape index (κ2) is 7.95. The van der Waals surface area contributed by atoms with Crippen LogP contribution in [0.5, 0.6) is 0 Å². The van der Waals surface area contributed by atoms with Crippen LogP contribution in [0.4, 0.5) is 20.3 Å². The number of hydrogen-bond acceptors (Lipinski definition) is 3. The molecule has 0 atom stereocenters. The molecule has 1 amide bonds. The van der Waals surface area contributed by atoms with Gasteiger partial charge in [-0.05, 0) is 50.6 Å². The number of aromatic nitrogens is 1. The summed E-state index contributed by atoms with van der Waals surface area (Å²) in [6, 6.07) is 13.0. The van der Waals surface area contributed by atoms with E-state index in [1.54, 1.807) is 17.9 Å². The summed E-state index contributed by atoms with van der Waals surface area (Å²) in [4.78, 5) is 19.5. The van der Waals surface area contributed by atoms with Crippen LogP contribution >= 0.6 is 15.9 Å². The Morgan fingerprint density at radius 2 is 1.90 bits per heavy atom. The maximum atomic E-state index is 14.1. The van der Waals surface area contributed by atoms with E-state index in [0.29, 0.717) is 46.5 Å². The second-order valence-electron chi connectivity index (χ2n) is 7.80. The summed E-state index contributed by atoms with van der Waals surface area (Å²) in [5.41, 5.74) is 3.42. The van der Waals surface area contributed by atoms with Crippen molar-refractivity contribution < 1.29 is 13.6 Å². The van der Waals surface area contributed by atoms with E-state index in [9.17, 15) is 13.6 Å². The second-order valence-corrected chi connectivity index (χ2v) is 8.71. The van der Waals surface area contributed by atoms with Crippen LogP contribution in [0.25, 0.3) is 10.9 Å². The average molecular weight is 474 g/mol. The Balaban J connectivity index is 1.81. The molecule has 0 saturated carbocycles. The molecular weight excluding hydrogens is 452 g/mol. The van der Waals surface area contributed by atoms with E-state index >= 15 is 0 Å². The molecule has 0 aliphatic carbocycles. The van der Waals surface area contributed by atoms with Gasteiger partial charge in [0.1, 0.15) is 5.82 Å². The summed E-state index contributed by atoms with van der Waals surface area (Å²) in [6.07, 6.45) is 0.265. The van der Waals surface area contributed by atoms with Crippen molar-refractivity contribution in [1.29, 1.82) is 0 Å². The van der Waals surface area contributed by atoms with Gasteiger partial charge in [0.25, 0.3) is 11.8 Å². The van der Waals surface area contributed by atoms with Gasteiger partial charge in [0, 0.05) is 34.1 Å². The van der Waals surface area contributed by atoms with Crippen molar-refractivity contribution in [2.24, 2.45) is 0 Å². The minimum absolute atomic E-state index is 0.121. The zero-order valence-electron chi connectivity index (χ0n) is 16.8. The molecule has 0 spiro atoms. The number of carbonyl (C=O) groups excluding carboxylic acids is 1. The topological polar surface area (TPSA) is 45.2 Å². The first-order valence-electron chi connectivity index (χ1n) is 9.84. The number of pyridine rings is 1. The Hall–Kier alpha value is -2.54. The number of halogens is 3. The van der Waals surface area contributed by atoms with Gasteiger partial charge in [-0.25, -0.2) is 13.8 Å². The van der Waals surface area contributed by atoms with Crippen LogP contribution in [-0.4, -0.2) is 29.9 Å². The Morgan fingerprint density at radius 3 is 2.60 bits per heavy atom. The Morgan fingerprint density at radius 1 is 1.17 bits per heavy atom. The number of rotatable bonds is 3. The highest BCUT2D eigenvalue weighted by Gasteiger charge is 2.36. The zero-order chi connectivity index (χ0) is 21.5. The number of fused-ring (bicyclic) bond motifs is 1. The van der Waals surface area contributed by atoms with Gasteiger partial charge in [0.2, 0.25) is 0 Å². The molecule has 1 fully saturated rings. The third-order valence-corrected chi connectivity index (χ3v) is 5.89. The molecule has 4 rings (SSSR count). The fraction of sp³-hybridized carbons (Fsp3) is 0.304. The fourth-order valence-electron chi connectivity index (χ4n) is 3.90. The number of hydrogen-bond donors (Lipinski definition) is 1. The largest absolute Gasteiger partial charge is 0.350 e. The quantitative estimate of drug-likeness (QED) is 0.499. The van der Waals surface area contributed by atoms with E-state index in [1.807, 2.05) is 43.3 Å². The Labute approximate surface area is 182 Å². The molecule has 3 aromatic rings. The number of nitrogens with zero attached hydrogens (tertiary/aromatic N) is 2. The highest BCUT2D eigenvalue weighted by Crippen LogP contribution is 2.35. The number of benzene rings is 2. The van der Waals surface area contributed by atoms with E-state index < -0.39 is 5.92 Å². The summed E-state index contributed by atoms with van der Waals surface area (Å²) >= 11 is 3.46. The summed E-state index contributed by atoms with van der Waals surface area (Å²) in [6.45, 7) is 3.86. The van der Waals surface area contributed by atoms with E-state index in [4.69, 9.17) is 0 Å². The lowest BCUT2D eigenvalue weighted by Gasteiger charge is -2.34. The maximum absolute atomic E-state index is 14.1. The molecule has 1 aromatic heterocycles. The van der Waals surface area contributed by atoms with Crippen LogP contribution in [0.3, 0.4) is 0 Å². The minimum Gasteiger partial charge on any atom is -0.350 e. The van der Waals surface area contributed by atoms with E-state index in [-0.39, 0.29) is 18.9 Å². The number of alkyl halides is 2. The van der Waals surface area contributed by atoms with Crippen molar-refractivity contribution >= 4 is 44.2 Å². The number of aryl methyl sites for hydroxylation is 1. The lowest BCUT2D eigenvalue weighted by molar-refractivity contribution is -0.0118. The van der Waals surface area contributed by atoms with Gasteiger partial charge in [0.05, 0.1) is 17.6 Å². The molecule has 0 bridgehead atoms. The van der Waals surface area contributed by atoms with Crippen LogP contribution in [0, 0.1) is 13.8 Å². The van der Waals surface area contributed by atoms with E-state index in [1.165, 1.54) is 0 Å². The third kappa shape index (κ3) is 4.17. The number of anilines is 2. The van der Waals surface area contributed by atoms with Gasteiger partial charge in [-0.1, -0.05) is 33.6 Å². The van der Waals surface area contributed by atoms with Gasteiger partial charge in [-0.3, -0.25) is 4.79 Å². The van der Waals surface area contributed by atoms with Gasteiger partial charge < -0.3 is 10.2 Å². The van der Waals surface area contributed by atoms with Crippen LogP contribution in [0.15, 0.2) is 46.9 Å². The molecular formula is C23H22BrF2N3O. The molecule has 156 valence electrons. The highest BCUT2D eigenvalue weighted by molar-refractivity contribution is 9.10. The van der Waals surface area contributed by atoms with Crippen LogP contribution in [0.2, 0.25) is 0 Å². The van der Waals surface area contributed by atoms with Gasteiger partial charge in [-0.15, -0.1) is 0 Å². The summed E-state index contributed by atoms with van der Waals surface area (Å²) in [7, 11) is 0. The first kappa shape index (κ1) is 20.7.